The van der Waals surface area contributed by atoms with Crippen molar-refractivity contribution in [3.05, 3.63) is 33.8 Å². The van der Waals surface area contributed by atoms with Crippen LogP contribution in [-0.4, -0.2) is 28.6 Å². The van der Waals surface area contributed by atoms with E-state index in [9.17, 15) is 5.11 Å². The summed E-state index contributed by atoms with van der Waals surface area (Å²) in [6.45, 7) is 0.716. The van der Waals surface area contributed by atoms with Crippen LogP contribution in [0.1, 0.15) is 75.9 Å². The normalized spacial score (nSPS) is 22.0. The quantitative estimate of drug-likeness (QED) is 0.688. The van der Waals surface area contributed by atoms with Crippen LogP contribution in [0.2, 0.25) is 10.0 Å². The number of aliphatic hydroxyl groups is 1. The zero-order valence-corrected chi connectivity index (χ0v) is 15.9. The summed E-state index contributed by atoms with van der Waals surface area (Å²) >= 11 is 12.1. The summed E-state index contributed by atoms with van der Waals surface area (Å²) in [5.74, 6) is 0. The van der Waals surface area contributed by atoms with Gasteiger partial charge < -0.3 is 5.11 Å². The molecule has 1 aromatic rings. The van der Waals surface area contributed by atoms with Gasteiger partial charge in [-0.15, -0.1) is 0 Å². The Kier molecular flexibility index (Phi) is 6.86. The molecule has 2 aliphatic rings. The summed E-state index contributed by atoms with van der Waals surface area (Å²) in [6.07, 6.45) is 12.7. The molecule has 2 aliphatic carbocycles. The van der Waals surface area contributed by atoms with E-state index in [-0.39, 0.29) is 0 Å². The van der Waals surface area contributed by atoms with E-state index in [2.05, 4.69) is 4.90 Å². The van der Waals surface area contributed by atoms with E-state index in [1.54, 1.807) is 6.07 Å². The Balaban J connectivity index is 1.72. The number of halogens is 2. The van der Waals surface area contributed by atoms with Gasteiger partial charge in [0.25, 0.3) is 0 Å². The lowest BCUT2D eigenvalue weighted by molar-refractivity contribution is 0.0287. The van der Waals surface area contributed by atoms with Gasteiger partial charge in [0, 0.05) is 18.6 Å². The van der Waals surface area contributed by atoms with Gasteiger partial charge in [0.2, 0.25) is 0 Å². The average molecular weight is 370 g/mol. The number of benzene rings is 1. The Labute approximate surface area is 156 Å². The van der Waals surface area contributed by atoms with Crippen LogP contribution >= 0.6 is 23.2 Å². The van der Waals surface area contributed by atoms with Crippen LogP contribution < -0.4 is 0 Å². The fourth-order valence-corrected chi connectivity index (χ4v) is 4.75. The first-order valence-corrected chi connectivity index (χ1v) is 10.3. The molecule has 2 saturated carbocycles. The highest BCUT2D eigenvalue weighted by atomic mass is 35.5. The molecule has 0 amide bonds. The first-order chi connectivity index (χ1) is 11.6. The molecule has 1 atom stereocenters. The molecule has 1 aromatic carbocycles. The van der Waals surface area contributed by atoms with Crippen molar-refractivity contribution in [1.29, 1.82) is 0 Å². The predicted octanol–water partition coefficient (Wildman–Crippen LogP) is 5.99. The summed E-state index contributed by atoms with van der Waals surface area (Å²) in [6, 6.07) is 6.78. The van der Waals surface area contributed by atoms with Crippen molar-refractivity contribution in [2.75, 3.05) is 6.54 Å². The van der Waals surface area contributed by atoms with E-state index in [0.717, 1.165) is 5.56 Å². The SMILES string of the molecule is O[C@H](CN(C1CCCCC1)C1CCCCC1)c1ccc(Cl)c(Cl)c1. The number of hydrogen-bond acceptors (Lipinski definition) is 2. The first-order valence-electron chi connectivity index (χ1n) is 9.54. The maximum absolute atomic E-state index is 10.8. The molecule has 24 heavy (non-hydrogen) atoms. The predicted molar refractivity (Wildman–Crippen MR) is 102 cm³/mol. The Morgan fingerprint density at radius 1 is 0.875 bits per heavy atom. The highest BCUT2D eigenvalue weighted by Gasteiger charge is 2.30. The van der Waals surface area contributed by atoms with Crippen molar-refractivity contribution in [3.8, 4) is 0 Å². The van der Waals surface area contributed by atoms with E-state index in [4.69, 9.17) is 23.2 Å². The second kappa shape index (κ2) is 8.89. The molecule has 0 aromatic heterocycles. The lowest BCUT2D eigenvalue weighted by atomic mass is 9.88. The number of nitrogens with zero attached hydrogens (tertiary/aromatic N) is 1. The highest BCUT2D eigenvalue weighted by molar-refractivity contribution is 6.42. The summed E-state index contributed by atoms with van der Waals surface area (Å²) in [4.78, 5) is 2.63. The van der Waals surface area contributed by atoms with Gasteiger partial charge in [-0.05, 0) is 43.4 Å². The first kappa shape index (κ1) is 18.5. The Morgan fingerprint density at radius 2 is 1.42 bits per heavy atom. The van der Waals surface area contributed by atoms with Gasteiger partial charge in [-0.2, -0.15) is 0 Å². The number of rotatable bonds is 5. The van der Waals surface area contributed by atoms with Gasteiger partial charge in [0.1, 0.15) is 0 Å². The highest BCUT2D eigenvalue weighted by Crippen LogP contribution is 2.33. The smallest absolute Gasteiger partial charge is 0.0917 e. The molecule has 0 bridgehead atoms. The Morgan fingerprint density at radius 3 is 1.92 bits per heavy atom. The van der Waals surface area contributed by atoms with Crippen molar-refractivity contribution < 1.29 is 5.11 Å². The lowest BCUT2D eigenvalue weighted by Crippen LogP contribution is -2.47. The second-order valence-corrected chi connectivity index (χ2v) is 8.28. The summed E-state index contributed by atoms with van der Waals surface area (Å²) < 4.78 is 0. The molecule has 0 unspecified atom stereocenters. The summed E-state index contributed by atoms with van der Waals surface area (Å²) in [7, 11) is 0. The van der Waals surface area contributed by atoms with Crippen molar-refractivity contribution in [2.24, 2.45) is 0 Å². The minimum Gasteiger partial charge on any atom is -0.387 e. The minimum absolute atomic E-state index is 0.497. The van der Waals surface area contributed by atoms with E-state index in [0.29, 0.717) is 28.7 Å². The van der Waals surface area contributed by atoms with Crippen LogP contribution in [0, 0.1) is 0 Å². The fourth-order valence-electron chi connectivity index (χ4n) is 4.45. The summed E-state index contributed by atoms with van der Waals surface area (Å²) in [5.41, 5.74) is 0.876. The van der Waals surface area contributed by atoms with Crippen LogP contribution in [0.25, 0.3) is 0 Å². The van der Waals surface area contributed by atoms with E-state index >= 15 is 0 Å². The zero-order chi connectivity index (χ0) is 16.9. The Bertz CT molecular complexity index is 506. The summed E-state index contributed by atoms with van der Waals surface area (Å²) in [5, 5.41) is 11.9. The largest absolute Gasteiger partial charge is 0.387 e. The van der Waals surface area contributed by atoms with Crippen molar-refractivity contribution in [2.45, 2.75) is 82.4 Å². The van der Waals surface area contributed by atoms with Gasteiger partial charge in [-0.1, -0.05) is 67.8 Å². The van der Waals surface area contributed by atoms with Gasteiger partial charge in [-0.25, -0.2) is 0 Å². The van der Waals surface area contributed by atoms with E-state index in [1.807, 2.05) is 12.1 Å². The monoisotopic (exact) mass is 369 g/mol. The molecule has 0 saturated heterocycles. The molecule has 0 aliphatic heterocycles. The fraction of sp³-hybridized carbons (Fsp3) is 0.700. The Hall–Kier alpha value is -0.280. The lowest BCUT2D eigenvalue weighted by Gasteiger charge is -2.42. The van der Waals surface area contributed by atoms with E-state index in [1.165, 1.54) is 64.2 Å². The number of hydrogen-bond donors (Lipinski definition) is 1. The second-order valence-electron chi connectivity index (χ2n) is 7.47. The topological polar surface area (TPSA) is 23.5 Å². The average Bonchev–Trinajstić information content (AvgIpc) is 2.63. The zero-order valence-electron chi connectivity index (χ0n) is 14.4. The van der Waals surface area contributed by atoms with Crippen LogP contribution in [0.5, 0.6) is 0 Å². The standard InChI is InChI=1S/C20H29Cl2NO/c21-18-12-11-15(13-19(18)22)20(24)14-23(16-7-3-1-4-8-16)17-9-5-2-6-10-17/h11-13,16-17,20,24H,1-10,14H2/t20-/m1/s1. The van der Waals surface area contributed by atoms with Crippen LogP contribution in [0.4, 0.5) is 0 Å². The molecule has 3 rings (SSSR count). The van der Waals surface area contributed by atoms with Crippen molar-refractivity contribution >= 4 is 23.2 Å². The van der Waals surface area contributed by atoms with Gasteiger partial charge in [0.15, 0.2) is 0 Å². The molecule has 0 spiro atoms. The third kappa shape index (κ3) is 4.66. The maximum atomic E-state index is 10.8. The van der Waals surface area contributed by atoms with Crippen molar-refractivity contribution in [1.82, 2.24) is 4.90 Å². The van der Waals surface area contributed by atoms with Crippen LogP contribution in [-0.2, 0) is 0 Å². The van der Waals surface area contributed by atoms with Crippen molar-refractivity contribution in [3.63, 3.8) is 0 Å². The third-order valence-corrected chi connectivity index (χ3v) is 6.54. The molecular weight excluding hydrogens is 341 g/mol. The maximum Gasteiger partial charge on any atom is 0.0917 e. The van der Waals surface area contributed by atoms with E-state index < -0.39 is 6.10 Å². The third-order valence-electron chi connectivity index (χ3n) is 5.80. The molecule has 2 fully saturated rings. The molecule has 134 valence electrons. The van der Waals surface area contributed by atoms with Gasteiger partial charge in [-0.3, -0.25) is 4.90 Å². The number of aliphatic hydroxyl groups excluding tert-OH is 1. The molecule has 2 nitrogen and oxygen atoms in total. The molecular formula is C20H29Cl2NO. The molecule has 0 radical (unpaired) electrons. The van der Waals surface area contributed by atoms with Crippen LogP contribution in [0.3, 0.4) is 0 Å². The van der Waals surface area contributed by atoms with Gasteiger partial charge in [0.05, 0.1) is 16.1 Å². The van der Waals surface area contributed by atoms with Gasteiger partial charge >= 0.3 is 0 Å². The molecule has 0 heterocycles. The molecule has 1 N–H and O–H groups in total. The van der Waals surface area contributed by atoms with Crippen LogP contribution in [0.15, 0.2) is 18.2 Å². The minimum atomic E-state index is -0.497. The molecule has 4 heteroatoms.